The van der Waals surface area contributed by atoms with Crippen molar-refractivity contribution < 1.29 is 19.4 Å². The number of aliphatic hydroxyl groups excluding tert-OH is 1. The minimum absolute atomic E-state index is 0.0308. The van der Waals surface area contributed by atoms with Gasteiger partial charge in [-0.15, -0.1) is 0 Å². The van der Waals surface area contributed by atoms with Gasteiger partial charge in [0.05, 0.1) is 20.8 Å². The number of carbonyl (C=O) groups excluding carboxylic acids is 1. The number of ether oxygens (including phenoxy) is 2. The van der Waals surface area contributed by atoms with E-state index in [1.807, 2.05) is 12.1 Å². The quantitative estimate of drug-likeness (QED) is 0.833. The van der Waals surface area contributed by atoms with Crippen molar-refractivity contribution in [3.63, 3.8) is 0 Å². The second-order valence-corrected chi connectivity index (χ2v) is 5.29. The zero-order chi connectivity index (χ0) is 15.2. The van der Waals surface area contributed by atoms with Gasteiger partial charge < -0.3 is 19.5 Å². The third-order valence-electron chi connectivity index (χ3n) is 3.99. The summed E-state index contributed by atoms with van der Waals surface area (Å²) < 4.78 is 10.5. The first kappa shape index (κ1) is 15.6. The largest absolute Gasteiger partial charge is 0.497 e. The molecule has 0 heterocycles. The van der Waals surface area contributed by atoms with Crippen LogP contribution in [-0.2, 0) is 11.3 Å². The van der Waals surface area contributed by atoms with E-state index in [-0.39, 0.29) is 18.4 Å². The Bertz CT molecular complexity index is 485. The highest BCUT2D eigenvalue weighted by atomic mass is 16.5. The molecule has 0 aliphatic heterocycles. The topological polar surface area (TPSA) is 59.0 Å². The predicted octanol–water partition coefficient (Wildman–Crippen LogP) is 1.82. The van der Waals surface area contributed by atoms with Gasteiger partial charge >= 0.3 is 0 Å². The molecule has 1 N–H and O–H groups in total. The molecule has 1 saturated carbocycles. The van der Waals surface area contributed by atoms with Gasteiger partial charge in [-0.1, -0.05) is 6.42 Å². The summed E-state index contributed by atoms with van der Waals surface area (Å²) in [5.41, 5.74) is 0.916. The molecule has 1 amide bonds. The van der Waals surface area contributed by atoms with Crippen LogP contribution in [0.3, 0.4) is 0 Å². The van der Waals surface area contributed by atoms with Crippen molar-refractivity contribution in [2.45, 2.75) is 25.8 Å². The van der Waals surface area contributed by atoms with Gasteiger partial charge in [-0.2, -0.15) is 0 Å². The normalized spacial score (nSPS) is 14.4. The highest BCUT2D eigenvalue weighted by Crippen LogP contribution is 2.30. The predicted molar refractivity (Wildman–Crippen MR) is 79.4 cm³/mol. The Hall–Kier alpha value is -1.75. The first-order valence-corrected chi connectivity index (χ1v) is 7.30. The van der Waals surface area contributed by atoms with Crippen LogP contribution in [0.2, 0.25) is 0 Å². The number of aliphatic hydroxyl groups is 1. The number of nitrogens with zero attached hydrogens (tertiary/aromatic N) is 1. The summed E-state index contributed by atoms with van der Waals surface area (Å²) in [6.45, 7) is 0.768. The summed E-state index contributed by atoms with van der Waals surface area (Å²) in [6.07, 6.45) is 3.04. The molecule has 0 bridgehead atoms. The van der Waals surface area contributed by atoms with E-state index in [1.165, 1.54) is 0 Å². The molecule has 116 valence electrons. The maximum absolute atomic E-state index is 12.4. The van der Waals surface area contributed by atoms with Crippen LogP contribution in [0.1, 0.15) is 24.8 Å². The number of carbonyl (C=O) groups is 1. The molecular formula is C16H23NO4. The SMILES string of the molecule is COc1ccc(CN(CCO)C(=O)C2CCC2)c(OC)c1. The molecule has 1 aliphatic rings. The van der Waals surface area contributed by atoms with Gasteiger partial charge in [0.15, 0.2) is 0 Å². The average molecular weight is 293 g/mol. The summed E-state index contributed by atoms with van der Waals surface area (Å²) in [5, 5.41) is 9.20. The van der Waals surface area contributed by atoms with Crippen molar-refractivity contribution in [1.82, 2.24) is 4.90 Å². The molecule has 1 fully saturated rings. The fourth-order valence-electron chi connectivity index (χ4n) is 2.49. The van der Waals surface area contributed by atoms with Crippen molar-refractivity contribution in [2.24, 2.45) is 5.92 Å². The van der Waals surface area contributed by atoms with Gasteiger partial charge in [0.1, 0.15) is 11.5 Å². The Labute approximate surface area is 125 Å². The summed E-state index contributed by atoms with van der Waals surface area (Å²) in [6, 6.07) is 5.55. The maximum atomic E-state index is 12.4. The minimum Gasteiger partial charge on any atom is -0.497 e. The van der Waals surface area contributed by atoms with Crippen molar-refractivity contribution >= 4 is 5.91 Å². The van der Waals surface area contributed by atoms with E-state index in [0.717, 1.165) is 30.6 Å². The smallest absolute Gasteiger partial charge is 0.226 e. The van der Waals surface area contributed by atoms with Crippen LogP contribution in [0.25, 0.3) is 0 Å². The highest BCUT2D eigenvalue weighted by molar-refractivity contribution is 5.79. The molecule has 5 nitrogen and oxygen atoms in total. The van der Waals surface area contributed by atoms with Crippen LogP contribution in [0.4, 0.5) is 0 Å². The van der Waals surface area contributed by atoms with Crippen LogP contribution in [0.15, 0.2) is 18.2 Å². The molecule has 0 saturated heterocycles. The molecule has 1 aromatic carbocycles. The molecule has 0 unspecified atom stereocenters. The molecule has 0 atom stereocenters. The monoisotopic (exact) mass is 293 g/mol. The number of methoxy groups -OCH3 is 2. The Balaban J connectivity index is 2.13. The Morgan fingerprint density at radius 3 is 2.62 bits per heavy atom. The van der Waals surface area contributed by atoms with Gasteiger partial charge in [0.25, 0.3) is 0 Å². The molecule has 5 heteroatoms. The molecule has 0 spiro atoms. The van der Waals surface area contributed by atoms with E-state index in [1.54, 1.807) is 25.2 Å². The van der Waals surface area contributed by atoms with Gasteiger partial charge in [-0.25, -0.2) is 0 Å². The zero-order valence-corrected chi connectivity index (χ0v) is 12.7. The van der Waals surface area contributed by atoms with E-state index in [4.69, 9.17) is 9.47 Å². The Morgan fingerprint density at radius 1 is 1.33 bits per heavy atom. The third kappa shape index (κ3) is 3.67. The lowest BCUT2D eigenvalue weighted by Gasteiger charge is -2.31. The average Bonchev–Trinajstić information content (AvgIpc) is 2.45. The summed E-state index contributed by atoms with van der Waals surface area (Å²) in [5.74, 6) is 1.67. The fourth-order valence-corrected chi connectivity index (χ4v) is 2.49. The summed E-state index contributed by atoms with van der Waals surface area (Å²) in [7, 11) is 3.20. The third-order valence-corrected chi connectivity index (χ3v) is 3.99. The van der Waals surface area contributed by atoms with Crippen LogP contribution in [0.5, 0.6) is 11.5 Å². The van der Waals surface area contributed by atoms with Crippen LogP contribution in [0, 0.1) is 5.92 Å². The van der Waals surface area contributed by atoms with Crippen molar-refractivity contribution in [3.8, 4) is 11.5 Å². The number of amides is 1. The maximum Gasteiger partial charge on any atom is 0.226 e. The van der Waals surface area contributed by atoms with Gasteiger partial charge in [0.2, 0.25) is 5.91 Å². The first-order valence-electron chi connectivity index (χ1n) is 7.30. The van der Waals surface area contributed by atoms with E-state index >= 15 is 0 Å². The lowest BCUT2D eigenvalue weighted by Crippen LogP contribution is -2.40. The molecule has 0 radical (unpaired) electrons. The molecule has 2 rings (SSSR count). The second-order valence-electron chi connectivity index (χ2n) is 5.29. The lowest BCUT2D eigenvalue weighted by atomic mass is 9.84. The summed E-state index contributed by atoms with van der Waals surface area (Å²) >= 11 is 0. The summed E-state index contributed by atoms with van der Waals surface area (Å²) in [4.78, 5) is 14.1. The van der Waals surface area contributed by atoms with E-state index in [0.29, 0.717) is 18.8 Å². The fraction of sp³-hybridized carbons (Fsp3) is 0.562. The van der Waals surface area contributed by atoms with Crippen LogP contribution in [-0.4, -0.2) is 43.3 Å². The van der Waals surface area contributed by atoms with Gasteiger partial charge in [-0.3, -0.25) is 4.79 Å². The zero-order valence-electron chi connectivity index (χ0n) is 12.7. The standard InChI is InChI=1S/C16H23NO4/c1-20-14-7-6-13(15(10-14)21-2)11-17(8-9-18)16(19)12-4-3-5-12/h6-7,10,12,18H,3-5,8-9,11H2,1-2H3. The number of rotatable bonds is 7. The number of hydrogen-bond acceptors (Lipinski definition) is 4. The van der Waals surface area contributed by atoms with Gasteiger partial charge in [-0.05, 0) is 25.0 Å². The Kier molecular flexibility index (Phi) is 5.44. The van der Waals surface area contributed by atoms with Crippen molar-refractivity contribution in [1.29, 1.82) is 0 Å². The van der Waals surface area contributed by atoms with Crippen molar-refractivity contribution in [2.75, 3.05) is 27.4 Å². The number of hydrogen-bond donors (Lipinski definition) is 1. The first-order chi connectivity index (χ1) is 10.2. The van der Waals surface area contributed by atoms with E-state index in [2.05, 4.69) is 0 Å². The minimum atomic E-state index is -0.0308. The molecule has 1 aliphatic carbocycles. The number of benzene rings is 1. The Morgan fingerprint density at radius 2 is 2.10 bits per heavy atom. The molecule has 21 heavy (non-hydrogen) atoms. The lowest BCUT2D eigenvalue weighted by molar-refractivity contribution is -0.139. The second kappa shape index (κ2) is 7.31. The van der Waals surface area contributed by atoms with E-state index < -0.39 is 0 Å². The molecule has 1 aromatic rings. The van der Waals surface area contributed by atoms with E-state index in [9.17, 15) is 9.90 Å². The molecular weight excluding hydrogens is 270 g/mol. The van der Waals surface area contributed by atoms with Crippen LogP contribution < -0.4 is 9.47 Å². The van der Waals surface area contributed by atoms with Crippen molar-refractivity contribution in [3.05, 3.63) is 23.8 Å². The van der Waals surface area contributed by atoms with Gasteiger partial charge in [0, 0.05) is 30.6 Å². The molecule has 0 aromatic heterocycles. The van der Waals surface area contributed by atoms with Crippen LogP contribution >= 0.6 is 0 Å². The highest BCUT2D eigenvalue weighted by Gasteiger charge is 2.29.